The van der Waals surface area contributed by atoms with Crippen LogP contribution in [0.15, 0.2) is 16.8 Å². The first-order valence-electron chi connectivity index (χ1n) is 3.56. The Balaban J connectivity index is 3.27. The number of halogens is 8. The van der Waals surface area contributed by atoms with Crippen LogP contribution in [0.3, 0.4) is 0 Å². The summed E-state index contributed by atoms with van der Waals surface area (Å²) in [5.74, 6) is 0. The molecule has 0 amide bonds. The van der Waals surface area contributed by atoms with Crippen molar-refractivity contribution in [1.82, 2.24) is 5.32 Å². The lowest BCUT2D eigenvalue weighted by atomic mass is 10.1. The molecule has 90 valence electrons. The lowest BCUT2D eigenvalue weighted by molar-refractivity contribution is -0.118. The topological polar surface area (TPSA) is 14.1 Å². The Morgan fingerprint density at radius 2 is 1.44 bits per heavy atom. The van der Waals surface area contributed by atoms with E-state index in [0.29, 0.717) is 0 Å². The van der Waals surface area contributed by atoms with Crippen molar-refractivity contribution >= 4 is 0 Å². The van der Waals surface area contributed by atoms with Gasteiger partial charge in [0.1, 0.15) is 11.9 Å². The maximum atomic E-state index is 12.1. The minimum atomic E-state index is -5.55. The third-order valence-corrected chi connectivity index (χ3v) is 1.57. The second kappa shape index (κ2) is 3.63. The molecule has 1 heterocycles. The highest BCUT2D eigenvalue weighted by atomic mass is 19.4. The van der Waals surface area contributed by atoms with E-state index in [-0.39, 0.29) is 0 Å². The van der Waals surface area contributed by atoms with E-state index in [2.05, 4.69) is 5.32 Å². The molecule has 0 N–H and O–H groups in total. The van der Waals surface area contributed by atoms with Crippen LogP contribution in [-0.4, -0.2) is 18.8 Å². The number of alkyl halides is 8. The lowest BCUT2D eigenvalue weighted by Gasteiger charge is -2.15. The third kappa shape index (κ3) is 2.27. The molecule has 2 radical (unpaired) electrons. The molecule has 0 unspecified atom stereocenters. The largest absolute Gasteiger partial charge is 0.419 e. The Kier molecular flexibility index (Phi) is 2.90. The fourth-order valence-electron chi connectivity index (χ4n) is 1.01. The average molecular weight is 251 g/mol. The Bertz CT molecular complexity index is 344. The molecule has 16 heavy (non-hydrogen) atoms. The molecule has 0 saturated heterocycles. The number of hydrogen-bond acceptors (Lipinski definition) is 0. The standard InChI is InChI=1S/C7HF8N/c8-5(9)4-3(7(13,14)15)2(1-16-4)6(10,11)12/h5H. The van der Waals surface area contributed by atoms with E-state index in [4.69, 9.17) is 0 Å². The summed E-state index contributed by atoms with van der Waals surface area (Å²) in [4.78, 5) is 0. The van der Waals surface area contributed by atoms with E-state index in [0.717, 1.165) is 6.20 Å². The Morgan fingerprint density at radius 3 is 1.75 bits per heavy atom. The Morgan fingerprint density at radius 1 is 0.938 bits per heavy atom. The van der Waals surface area contributed by atoms with Crippen LogP contribution < -0.4 is 5.32 Å². The van der Waals surface area contributed by atoms with Crippen LogP contribution in [0.2, 0.25) is 0 Å². The first-order chi connectivity index (χ1) is 7.05. The van der Waals surface area contributed by atoms with Gasteiger partial charge in [-0.05, 0) is 0 Å². The molecule has 0 aromatic heterocycles. The highest BCUT2D eigenvalue weighted by molar-refractivity contribution is 5.45. The molecular formula is C7HF8N. The van der Waals surface area contributed by atoms with E-state index < -0.39 is 35.6 Å². The molecular weight excluding hydrogens is 250 g/mol. The summed E-state index contributed by atoms with van der Waals surface area (Å²) in [5, 5.41) is 2.33. The van der Waals surface area contributed by atoms with Crippen LogP contribution in [0, 0.1) is 6.20 Å². The molecule has 1 aliphatic heterocycles. The summed E-state index contributed by atoms with van der Waals surface area (Å²) in [7, 11) is 0. The van der Waals surface area contributed by atoms with Crippen molar-refractivity contribution in [3.8, 4) is 0 Å². The number of nitrogens with zero attached hydrogens (tertiary/aromatic N) is 1. The van der Waals surface area contributed by atoms with Crippen LogP contribution in [0.5, 0.6) is 0 Å². The fourth-order valence-corrected chi connectivity index (χ4v) is 1.01. The van der Waals surface area contributed by atoms with Crippen LogP contribution in [0.1, 0.15) is 0 Å². The first kappa shape index (κ1) is 12.8. The van der Waals surface area contributed by atoms with E-state index in [1.54, 1.807) is 0 Å². The summed E-state index contributed by atoms with van der Waals surface area (Å²) >= 11 is 0. The van der Waals surface area contributed by atoms with Crippen molar-refractivity contribution in [1.29, 1.82) is 0 Å². The number of allylic oxidation sites excluding steroid dienone is 3. The Hall–Kier alpha value is -1.28. The van der Waals surface area contributed by atoms with E-state index in [9.17, 15) is 35.1 Å². The molecule has 0 saturated carbocycles. The highest BCUT2D eigenvalue weighted by Gasteiger charge is 2.52. The summed E-state index contributed by atoms with van der Waals surface area (Å²) in [6, 6.07) is 0. The van der Waals surface area contributed by atoms with Gasteiger partial charge in [0.05, 0.1) is 11.1 Å². The molecule has 1 rings (SSSR count). The van der Waals surface area contributed by atoms with E-state index in [1.165, 1.54) is 0 Å². The van der Waals surface area contributed by atoms with Gasteiger partial charge in [-0.25, -0.2) is 14.1 Å². The summed E-state index contributed by atoms with van der Waals surface area (Å²) < 4.78 is 96.6. The molecule has 9 heteroatoms. The van der Waals surface area contributed by atoms with Crippen molar-refractivity contribution in [3.05, 3.63) is 23.0 Å². The fraction of sp³-hybridized carbons (Fsp3) is 0.429. The van der Waals surface area contributed by atoms with Crippen LogP contribution in [0.4, 0.5) is 35.1 Å². The van der Waals surface area contributed by atoms with Gasteiger partial charge < -0.3 is 0 Å². The van der Waals surface area contributed by atoms with Crippen molar-refractivity contribution in [3.63, 3.8) is 0 Å². The second-order valence-electron chi connectivity index (χ2n) is 2.66. The van der Waals surface area contributed by atoms with Gasteiger partial charge in [0.15, 0.2) is 0 Å². The van der Waals surface area contributed by atoms with Gasteiger partial charge in [-0.1, -0.05) is 0 Å². The molecule has 0 fully saturated rings. The van der Waals surface area contributed by atoms with Gasteiger partial charge in [0.25, 0.3) is 6.43 Å². The zero-order chi connectivity index (χ0) is 12.7. The van der Waals surface area contributed by atoms with E-state index in [1.807, 2.05) is 0 Å². The predicted octanol–water partition coefficient (Wildman–Crippen LogP) is 2.94. The van der Waals surface area contributed by atoms with Gasteiger partial charge in [-0.15, -0.1) is 0 Å². The molecule has 0 atom stereocenters. The monoisotopic (exact) mass is 251 g/mol. The lowest BCUT2D eigenvalue weighted by Crippen LogP contribution is -2.24. The predicted molar refractivity (Wildman–Crippen MR) is 34.0 cm³/mol. The minimum Gasteiger partial charge on any atom is -0.244 e. The molecule has 0 aromatic rings. The Labute approximate surface area is 83.4 Å². The van der Waals surface area contributed by atoms with Crippen molar-refractivity contribution in [2.75, 3.05) is 0 Å². The molecule has 0 aromatic carbocycles. The average Bonchev–Trinajstić information content (AvgIpc) is 2.43. The molecule has 1 nitrogen and oxygen atoms in total. The van der Waals surface area contributed by atoms with Crippen LogP contribution in [0.25, 0.3) is 0 Å². The second-order valence-corrected chi connectivity index (χ2v) is 2.66. The normalized spacial score (nSPS) is 17.9. The smallest absolute Gasteiger partial charge is 0.244 e. The summed E-state index contributed by atoms with van der Waals surface area (Å²) in [6.45, 7) is 0. The highest BCUT2D eigenvalue weighted by Crippen LogP contribution is 2.44. The van der Waals surface area contributed by atoms with Gasteiger partial charge in [-0.3, -0.25) is 0 Å². The summed E-state index contributed by atoms with van der Waals surface area (Å²) in [5.41, 5.74) is -6.76. The quantitative estimate of drug-likeness (QED) is 0.636. The van der Waals surface area contributed by atoms with Crippen molar-refractivity contribution in [2.45, 2.75) is 18.8 Å². The van der Waals surface area contributed by atoms with Crippen molar-refractivity contribution in [2.24, 2.45) is 0 Å². The zero-order valence-corrected chi connectivity index (χ0v) is 7.05. The maximum Gasteiger partial charge on any atom is 0.419 e. The number of rotatable bonds is 1. The maximum absolute atomic E-state index is 12.1. The molecule has 0 aliphatic carbocycles. The number of hydrogen-bond donors (Lipinski definition) is 0. The van der Waals surface area contributed by atoms with E-state index >= 15 is 0 Å². The molecule has 1 aliphatic rings. The SMILES string of the molecule is FC(F)C1=C(C(F)(F)F)C(C(F)(F)F)=[C][N]1. The summed E-state index contributed by atoms with van der Waals surface area (Å²) in [6.07, 6.45) is -13.8. The van der Waals surface area contributed by atoms with Gasteiger partial charge in [0.2, 0.25) is 0 Å². The molecule has 0 spiro atoms. The van der Waals surface area contributed by atoms with Crippen molar-refractivity contribution < 1.29 is 35.1 Å². The minimum absolute atomic E-state index is 0.927. The first-order valence-corrected chi connectivity index (χ1v) is 3.56. The van der Waals surface area contributed by atoms with Gasteiger partial charge in [-0.2, -0.15) is 26.3 Å². The van der Waals surface area contributed by atoms with Gasteiger partial charge >= 0.3 is 12.4 Å². The third-order valence-electron chi connectivity index (χ3n) is 1.57. The van der Waals surface area contributed by atoms with Crippen LogP contribution in [-0.2, 0) is 0 Å². The van der Waals surface area contributed by atoms with Gasteiger partial charge in [0, 0.05) is 0 Å². The van der Waals surface area contributed by atoms with Crippen LogP contribution >= 0.6 is 0 Å². The zero-order valence-electron chi connectivity index (χ0n) is 7.05. The molecule has 0 bridgehead atoms.